The minimum atomic E-state index is -0.815. The molecule has 0 aromatic carbocycles. The zero-order valence-electron chi connectivity index (χ0n) is 10.3. The zero-order valence-corrected chi connectivity index (χ0v) is 10.3. The molecular formula is C12H19NO4. The van der Waals surface area contributed by atoms with E-state index in [1.54, 1.807) is 11.8 Å². The van der Waals surface area contributed by atoms with Gasteiger partial charge in [0.25, 0.3) is 0 Å². The van der Waals surface area contributed by atoms with Gasteiger partial charge >= 0.3 is 5.97 Å². The van der Waals surface area contributed by atoms with Crippen molar-refractivity contribution in [3.8, 4) is 0 Å². The van der Waals surface area contributed by atoms with Crippen LogP contribution in [0.25, 0.3) is 0 Å². The number of carbonyl (C=O) groups is 2. The van der Waals surface area contributed by atoms with E-state index < -0.39 is 11.4 Å². The highest BCUT2D eigenvalue weighted by Gasteiger charge is 2.50. The van der Waals surface area contributed by atoms with Crippen LogP contribution in [0.15, 0.2) is 0 Å². The Balaban J connectivity index is 1.89. The predicted molar refractivity (Wildman–Crippen MR) is 60.5 cm³/mol. The van der Waals surface area contributed by atoms with Crippen LogP contribution >= 0.6 is 0 Å². The molecule has 1 aliphatic heterocycles. The van der Waals surface area contributed by atoms with E-state index in [1.807, 2.05) is 6.92 Å². The van der Waals surface area contributed by atoms with Crippen LogP contribution < -0.4 is 0 Å². The molecule has 1 amide bonds. The number of hydrogen-bond donors (Lipinski definition) is 1. The molecule has 0 bridgehead atoms. The van der Waals surface area contributed by atoms with Gasteiger partial charge in [0.1, 0.15) is 0 Å². The highest BCUT2D eigenvalue weighted by Crippen LogP contribution is 2.38. The van der Waals surface area contributed by atoms with Gasteiger partial charge in [0, 0.05) is 19.7 Å². The van der Waals surface area contributed by atoms with Crippen molar-refractivity contribution in [2.45, 2.75) is 32.8 Å². The number of nitrogens with zero attached hydrogens (tertiary/aromatic N) is 1. The molecule has 3 atom stereocenters. The largest absolute Gasteiger partial charge is 0.481 e. The minimum Gasteiger partial charge on any atom is -0.481 e. The quantitative estimate of drug-likeness (QED) is 0.788. The second kappa shape index (κ2) is 4.29. The fourth-order valence-electron chi connectivity index (χ4n) is 2.39. The van der Waals surface area contributed by atoms with Crippen molar-refractivity contribution in [2.24, 2.45) is 11.3 Å². The number of carboxylic acids is 1. The smallest absolute Gasteiger partial charge is 0.311 e. The summed E-state index contributed by atoms with van der Waals surface area (Å²) in [6, 6.07) is 0. The molecule has 0 unspecified atom stereocenters. The van der Waals surface area contributed by atoms with Gasteiger partial charge in [-0.2, -0.15) is 0 Å². The lowest BCUT2D eigenvalue weighted by Gasteiger charge is -2.20. The molecule has 5 nitrogen and oxygen atoms in total. The molecule has 0 aromatic heterocycles. The second-order valence-electron chi connectivity index (χ2n) is 5.21. The number of carboxylic acid groups (broad SMARTS) is 1. The molecule has 0 aromatic rings. The van der Waals surface area contributed by atoms with E-state index in [9.17, 15) is 9.59 Å². The van der Waals surface area contributed by atoms with E-state index in [0.29, 0.717) is 26.1 Å². The van der Waals surface area contributed by atoms with Gasteiger partial charge in [0.05, 0.1) is 17.4 Å². The van der Waals surface area contributed by atoms with Gasteiger partial charge in [-0.3, -0.25) is 9.59 Å². The molecule has 0 spiro atoms. The van der Waals surface area contributed by atoms with Gasteiger partial charge in [-0.25, -0.2) is 0 Å². The Morgan fingerprint density at radius 3 is 2.76 bits per heavy atom. The Bertz CT molecular complexity index is 343. The van der Waals surface area contributed by atoms with Gasteiger partial charge in [0.15, 0.2) is 0 Å². The van der Waals surface area contributed by atoms with Crippen LogP contribution in [-0.4, -0.2) is 47.7 Å². The maximum absolute atomic E-state index is 12.1. The van der Waals surface area contributed by atoms with Crippen molar-refractivity contribution in [2.75, 3.05) is 19.7 Å². The van der Waals surface area contributed by atoms with Crippen LogP contribution in [-0.2, 0) is 14.3 Å². The van der Waals surface area contributed by atoms with Crippen molar-refractivity contribution >= 4 is 11.9 Å². The molecule has 2 fully saturated rings. The summed E-state index contributed by atoms with van der Waals surface area (Å²) in [5, 5.41) is 9.10. The summed E-state index contributed by atoms with van der Waals surface area (Å²) < 4.78 is 5.38. The summed E-state index contributed by atoms with van der Waals surface area (Å²) in [6.45, 7) is 5.13. The minimum absolute atomic E-state index is 0.0360. The molecule has 17 heavy (non-hydrogen) atoms. The zero-order chi connectivity index (χ0) is 12.6. The first kappa shape index (κ1) is 12.4. The van der Waals surface area contributed by atoms with Crippen molar-refractivity contribution in [3.63, 3.8) is 0 Å². The molecule has 1 N–H and O–H groups in total. The van der Waals surface area contributed by atoms with Gasteiger partial charge in [0.2, 0.25) is 5.91 Å². The average Bonchev–Trinajstić information content (AvgIpc) is 2.91. The van der Waals surface area contributed by atoms with E-state index in [1.165, 1.54) is 0 Å². The second-order valence-corrected chi connectivity index (χ2v) is 5.21. The maximum atomic E-state index is 12.1. The molecule has 1 aliphatic carbocycles. The highest BCUT2D eigenvalue weighted by atomic mass is 16.5. The summed E-state index contributed by atoms with van der Waals surface area (Å²) in [7, 11) is 0. The molecule has 1 saturated heterocycles. The third kappa shape index (κ3) is 2.29. The van der Waals surface area contributed by atoms with Crippen molar-refractivity contribution in [3.05, 3.63) is 0 Å². The lowest BCUT2D eigenvalue weighted by Crippen LogP contribution is -2.36. The van der Waals surface area contributed by atoms with Crippen LogP contribution in [0.1, 0.15) is 26.7 Å². The SMILES string of the molecule is CCO[C@@H]1C[C@@H]1C(=O)N1CC[C@@](C)(C(=O)O)C1. The lowest BCUT2D eigenvalue weighted by atomic mass is 9.90. The molecular weight excluding hydrogens is 222 g/mol. The summed E-state index contributed by atoms with van der Waals surface area (Å²) >= 11 is 0. The van der Waals surface area contributed by atoms with Gasteiger partial charge in [-0.15, -0.1) is 0 Å². The van der Waals surface area contributed by atoms with E-state index in [-0.39, 0.29) is 17.9 Å². The Morgan fingerprint density at radius 2 is 2.24 bits per heavy atom. The fourth-order valence-corrected chi connectivity index (χ4v) is 2.39. The number of ether oxygens (including phenoxy) is 1. The first-order chi connectivity index (χ1) is 7.98. The predicted octanol–water partition coefficient (Wildman–Crippen LogP) is 0.735. The average molecular weight is 241 g/mol. The standard InChI is InChI=1S/C12H19NO4/c1-3-17-9-6-8(9)10(14)13-5-4-12(2,7-13)11(15)16/h8-9H,3-7H2,1-2H3,(H,15,16)/t8-,9+,12+/m0/s1. The van der Waals surface area contributed by atoms with Crippen molar-refractivity contribution in [1.82, 2.24) is 4.90 Å². The van der Waals surface area contributed by atoms with Gasteiger partial charge < -0.3 is 14.7 Å². The third-order valence-electron chi connectivity index (χ3n) is 3.73. The summed E-state index contributed by atoms with van der Waals surface area (Å²) in [4.78, 5) is 24.8. The first-order valence-electron chi connectivity index (χ1n) is 6.12. The number of amides is 1. The van der Waals surface area contributed by atoms with Crippen molar-refractivity contribution < 1.29 is 19.4 Å². The van der Waals surface area contributed by atoms with E-state index in [0.717, 1.165) is 6.42 Å². The Labute approximate surface area is 101 Å². The number of hydrogen-bond acceptors (Lipinski definition) is 3. The molecule has 2 rings (SSSR count). The highest BCUT2D eigenvalue weighted by molar-refractivity contribution is 5.84. The Morgan fingerprint density at radius 1 is 1.53 bits per heavy atom. The van der Waals surface area contributed by atoms with E-state index in [4.69, 9.17) is 9.84 Å². The van der Waals surface area contributed by atoms with Crippen LogP contribution in [0.2, 0.25) is 0 Å². The van der Waals surface area contributed by atoms with Crippen LogP contribution in [0.5, 0.6) is 0 Å². The number of likely N-dealkylation sites (tertiary alicyclic amines) is 1. The topological polar surface area (TPSA) is 66.8 Å². The molecule has 1 heterocycles. The van der Waals surface area contributed by atoms with E-state index in [2.05, 4.69) is 0 Å². The maximum Gasteiger partial charge on any atom is 0.311 e. The normalized spacial score (nSPS) is 36.0. The third-order valence-corrected chi connectivity index (χ3v) is 3.73. The Hall–Kier alpha value is -1.10. The van der Waals surface area contributed by atoms with E-state index >= 15 is 0 Å². The van der Waals surface area contributed by atoms with Crippen LogP contribution in [0.3, 0.4) is 0 Å². The van der Waals surface area contributed by atoms with Gasteiger partial charge in [-0.1, -0.05) is 0 Å². The fraction of sp³-hybridized carbons (Fsp3) is 0.833. The number of aliphatic carboxylic acids is 1. The van der Waals surface area contributed by atoms with Crippen LogP contribution in [0, 0.1) is 11.3 Å². The monoisotopic (exact) mass is 241 g/mol. The summed E-state index contributed by atoms with van der Waals surface area (Å²) in [5.74, 6) is -0.788. The first-order valence-corrected chi connectivity index (χ1v) is 6.12. The molecule has 2 aliphatic rings. The molecule has 96 valence electrons. The van der Waals surface area contributed by atoms with Crippen molar-refractivity contribution in [1.29, 1.82) is 0 Å². The lowest BCUT2D eigenvalue weighted by molar-refractivity contribution is -0.147. The van der Waals surface area contributed by atoms with Gasteiger partial charge in [-0.05, 0) is 26.7 Å². The number of carbonyl (C=O) groups excluding carboxylic acids is 1. The number of rotatable bonds is 4. The molecule has 0 radical (unpaired) electrons. The summed E-state index contributed by atoms with van der Waals surface area (Å²) in [5.41, 5.74) is -0.772. The molecule has 1 saturated carbocycles. The Kier molecular flexibility index (Phi) is 3.12. The summed E-state index contributed by atoms with van der Waals surface area (Å²) in [6.07, 6.45) is 1.39. The van der Waals surface area contributed by atoms with Crippen LogP contribution in [0.4, 0.5) is 0 Å². The molecule has 5 heteroatoms.